The molecule has 3 heterocycles. The molecule has 4 aromatic rings. The van der Waals surface area contributed by atoms with Gasteiger partial charge in [-0.3, -0.25) is 0 Å². The lowest BCUT2D eigenvalue weighted by Crippen LogP contribution is -2.55. The van der Waals surface area contributed by atoms with E-state index in [1.807, 2.05) is 0 Å². The zero-order valence-corrected chi connectivity index (χ0v) is 22.5. The topological polar surface area (TPSA) is 144 Å². The van der Waals surface area contributed by atoms with E-state index in [1.54, 1.807) is 18.2 Å². The molecule has 0 aliphatic carbocycles. The summed E-state index contributed by atoms with van der Waals surface area (Å²) in [7, 11) is 0. The molecule has 2 aromatic carbocycles. The molecule has 1 saturated heterocycles. The molecule has 5 rings (SSSR count). The fourth-order valence-electron chi connectivity index (χ4n) is 3.99. The van der Waals surface area contributed by atoms with Crippen molar-refractivity contribution in [1.29, 1.82) is 0 Å². The third-order valence-corrected chi connectivity index (χ3v) is 8.10. The highest BCUT2D eigenvalue weighted by Crippen LogP contribution is 2.41. The number of rotatable bonds is 8. The van der Waals surface area contributed by atoms with E-state index in [1.165, 1.54) is 22.6 Å². The SMILES string of the molecule is OCC1O[C@H](Sc2ccc(Cl)c(Cl)c2)C(OCc2nn[nH]n2)[C@@H](n2cc(-c3cc(F)c(Cl)c(F)c3)nn2)[C@H]1O. The van der Waals surface area contributed by atoms with Crippen LogP contribution in [0.3, 0.4) is 0 Å². The van der Waals surface area contributed by atoms with Gasteiger partial charge < -0.3 is 19.7 Å². The molecule has 0 radical (unpaired) electrons. The van der Waals surface area contributed by atoms with Crippen molar-refractivity contribution < 1.29 is 28.5 Å². The van der Waals surface area contributed by atoms with Crippen molar-refractivity contribution in [3.63, 3.8) is 0 Å². The van der Waals surface area contributed by atoms with Gasteiger partial charge >= 0.3 is 0 Å². The maximum atomic E-state index is 14.1. The minimum absolute atomic E-state index is 0.0758. The Morgan fingerprint density at radius 1 is 1.10 bits per heavy atom. The van der Waals surface area contributed by atoms with Crippen LogP contribution in [-0.4, -0.2) is 76.2 Å². The molecule has 0 spiro atoms. The number of halogens is 5. The number of tetrazole rings is 1. The Kier molecular flexibility index (Phi) is 8.63. The predicted octanol–water partition coefficient (Wildman–Crippen LogP) is 3.69. The fourth-order valence-corrected chi connectivity index (χ4v) is 5.64. The number of hydrogen-bond donors (Lipinski definition) is 3. The van der Waals surface area contributed by atoms with Crippen LogP contribution in [0.15, 0.2) is 41.4 Å². The molecule has 17 heteroatoms. The lowest BCUT2D eigenvalue weighted by molar-refractivity contribution is -0.196. The number of benzene rings is 2. The van der Waals surface area contributed by atoms with E-state index in [9.17, 15) is 19.0 Å². The minimum atomic E-state index is -1.33. The van der Waals surface area contributed by atoms with Crippen molar-refractivity contribution in [3.8, 4) is 11.3 Å². The number of aromatic nitrogens is 7. The van der Waals surface area contributed by atoms with Crippen molar-refractivity contribution in [2.75, 3.05) is 6.61 Å². The number of aliphatic hydroxyl groups excluding tert-OH is 2. The van der Waals surface area contributed by atoms with Crippen LogP contribution in [0.2, 0.25) is 15.1 Å². The molecule has 39 heavy (non-hydrogen) atoms. The number of hydrogen-bond acceptors (Lipinski definition) is 10. The Hall–Kier alpha value is -2.43. The standard InChI is InChI=1S/C22H18Cl3F2N7O4S/c23-11-2-1-10(5-12(11)24)39-22-21(37-8-17-29-31-32-30-17)19(20(36)16(7-35)38-22)34-6-15(28-33-34)9-3-13(26)18(25)14(27)4-9/h1-6,16,19-22,35-36H,7-8H2,(H,29,30,31,32)/t16?,19-,20-,21?,22+/m0/s1. The van der Waals surface area contributed by atoms with E-state index in [0.29, 0.717) is 14.9 Å². The molecule has 3 N–H and O–H groups in total. The first-order valence-electron chi connectivity index (χ1n) is 11.2. The monoisotopic (exact) mass is 619 g/mol. The summed E-state index contributed by atoms with van der Waals surface area (Å²) in [6.45, 7) is -0.645. The van der Waals surface area contributed by atoms with E-state index in [2.05, 4.69) is 30.9 Å². The van der Waals surface area contributed by atoms with Crippen LogP contribution < -0.4 is 0 Å². The van der Waals surface area contributed by atoms with E-state index in [0.717, 1.165) is 12.1 Å². The van der Waals surface area contributed by atoms with Crippen molar-refractivity contribution in [2.45, 2.75) is 41.3 Å². The molecule has 0 amide bonds. The zero-order chi connectivity index (χ0) is 27.7. The van der Waals surface area contributed by atoms with Gasteiger partial charge in [0.05, 0.1) is 22.8 Å². The second kappa shape index (κ2) is 12.0. The third-order valence-electron chi connectivity index (χ3n) is 5.86. The first-order valence-corrected chi connectivity index (χ1v) is 13.2. The number of nitrogens with zero attached hydrogens (tertiary/aromatic N) is 6. The summed E-state index contributed by atoms with van der Waals surface area (Å²) in [5.74, 6) is -1.70. The zero-order valence-electron chi connectivity index (χ0n) is 19.5. The van der Waals surface area contributed by atoms with Crippen LogP contribution in [0.4, 0.5) is 8.78 Å². The lowest BCUT2D eigenvalue weighted by Gasteiger charge is -2.43. The second-order valence-corrected chi connectivity index (χ2v) is 10.7. The number of thioether (sulfide) groups is 1. The normalized spacial score (nSPS) is 23.3. The lowest BCUT2D eigenvalue weighted by atomic mass is 9.97. The highest BCUT2D eigenvalue weighted by atomic mass is 35.5. The Bertz CT molecular complexity index is 1430. The molecule has 206 valence electrons. The molecule has 5 atom stereocenters. The van der Waals surface area contributed by atoms with Crippen LogP contribution in [-0.2, 0) is 16.1 Å². The first kappa shape index (κ1) is 28.1. The second-order valence-electron chi connectivity index (χ2n) is 8.34. The maximum absolute atomic E-state index is 14.1. The summed E-state index contributed by atoms with van der Waals surface area (Å²) in [5.41, 5.74) is -0.640. The molecule has 1 fully saturated rings. The summed E-state index contributed by atoms with van der Waals surface area (Å²) < 4.78 is 41.6. The minimum Gasteiger partial charge on any atom is -0.394 e. The summed E-state index contributed by atoms with van der Waals surface area (Å²) >= 11 is 19.0. The van der Waals surface area contributed by atoms with Crippen LogP contribution in [0.1, 0.15) is 11.9 Å². The average molecular weight is 621 g/mol. The summed E-state index contributed by atoms with van der Waals surface area (Å²) in [5, 5.41) is 42.9. The largest absolute Gasteiger partial charge is 0.394 e. The number of aliphatic hydroxyl groups is 2. The highest BCUT2D eigenvalue weighted by Gasteiger charge is 2.48. The van der Waals surface area contributed by atoms with Gasteiger partial charge in [0.1, 0.15) is 58.7 Å². The quantitative estimate of drug-likeness (QED) is 0.250. The van der Waals surface area contributed by atoms with Crippen molar-refractivity contribution in [3.05, 3.63) is 69.1 Å². The number of nitrogens with one attached hydrogen (secondary N) is 1. The number of aromatic amines is 1. The Morgan fingerprint density at radius 3 is 2.54 bits per heavy atom. The first-order chi connectivity index (χ1) is 18.7. The van der Waals surface area contributed by atoms with Gasteiger partial charge in [-0.25, -0.2) is 13.5 Å². The number of H-pyrrole nitrogens is 1. The molecule has 0 saturated carbocycles. The van der Waals surface area contributed by atoms with Gasteiger partial charge in [-0.2, -0.15) is 5.21 Å². The Morgan fingerprint density at radius 2 is 1.87 bits per heavy atom. The molecule has 2 aromatic heterocycles. The van der Waals surface area contributed by atoms with Crippen LogP contribution in [0.5, 0.6) is 0 Å². The predicted molar refractivity (Wildman–Crippen MR) is 136 cm³/mol. The van der Waals surface area contributed by atoms with Crippen molar-refractivity contribution in [1.82, 2.24) is 35.6 Å². The number of ether oxygens (including phenoxy) is 2. The van der Waals surface area contributed by atoms with E-state index >= 15 is 0 Å². The third kappa shape index (κ3) is 6.02. The Balaban J connectivity index is 1.51. The van der Waals surface area contributed by atoms with Gasteiger partial charge in [0, 0.05) is 10.5 Å². The van der Waals surface area contributed by atoms with Gasteiger partial charge in [0.15, 0.2) is 5.82 Å². The highest BCUT2D eigenvalue weighted by molar-refractivity contribution is 7.99. The van der Waals surface area contributed by atoms with E-state index in [4.69, 9.17) is 44.3 Å². The van der Waals surface area contributed by atoms with Crippen LogP contribution >= 0.6 is 46.6 Å². The smallest absolute Gasteiger partial charge is 0.200 e. The molecular formula is C22H18Cl3F2N7O4S. The average Bonchev–Trinajstić information content (AvgIpc) is 3.61. The maximum Gasteiger partial charge on any atom is 0.200 e. The molecule has 11 nitrogen and oxygen atoms in total. The van der Waals surface area contributed by atoms with Gasteiger partial charge in [-0.1, -0.05) is 57.0 Å². The molecule has 0 bridgehead atoms. The Labute approximate surface area is 238 Å². The summed E-state index contributed by atoms with van der Waals surface area (Å²) in [6.07, 6.45) is -1.92. The molecule has 2 unspecified atom stereocenters. The van der Waals surface area contributed by atoms with Gasteiger partial charge in [-0.05, 0) is 30.3 Å². The van der Waals surface area contributed by atoms with Crippen LogP contribution in [0, 0.1) is 11.6 Å². The summed E-state index contributed by atoms with van der Waals surface area (Å²) in [4.78, 5) is 0.667. The van der Waals surface area contributed by atoms with Crippen LogP contribution in [0.25, 0.3) is 11.3 Å². The van der Waals surface area contributed by atoms with Gasteiger partial charge in [-0.15, -0.1) is 15.3 Å². The molecule has 1 aliphatic heterocycles. The van der Waals surface area contributed by atoms with E-state index < -0.39 is 53.1 Å². The van der Waals surface area contributed by atoms with Crippen molar-refractivity contribution >= 4 is 46.6 Å². The van der Waals surface area contributed by atoms with Gasteiger partial charge in [0.25, 0.3) is 0 Å². The fraction of sp³-hybridized carbons (Fsp3) is 0.318. The van der Waals surface area contributed by atoms with Crippen molar-refractivity contribution in [2.24, 2.45) is 0 Å². The molecule has 1 aliphatic rings. The van der Waals surface area contributed by atoms with E-state index in [-0.39, 0.29) is 23.7 Å². The van der Waals surface area contributed by atoms with Gasteiger partial charge in [0.2, 0.25) is 0 Å². The summed E-state index contributed by atoms with van der Waals surface area (Å²) in [6, 6.07) is 6.04. The molecular weight excluding hydrogens is 603 g/mol.